The first kappa shape index (κ1) is 13.7. The molecule has 0 fully saturated rings. The first-order valence-corrected chi connectivity index (χ1v) is 6.44. The summed E-state index contributed by atoms with van der Waals surface area (Å²) in [4.78, 5) is 12.2. The topological polar surface area (TPSA) is 56.8 Å². The van der Waals surface area contributed by atoms with Gasteiger partial charge in [0.1, 0.15) is 5.54 Å². The van der Waals surface area contributed by atoms with Gasteiger partial charge in [-0.15, -0.1) is 0 Å². The number of likely N-dealkylation sites (N-methyl/N-ethyl adjacent to an activating group) is 1. The molecule has 1 aromatic carbocycles. The summed E-state index contributed by atoms with van der Waals surface area (Å²) in [6.07, 6.45) is 0. The highest BCUT2D eigenvalue weighted by molar-refractivity contribution is 5.82. The molecule has 1 aromatic rings. The van der Waals surface area contributed by atoms with E-state index in [1.54, 1.807) is 6.92 Å². The lowest BCUT2D eigenvalue weighted by atomic mass is 9.91. The minimum absolute atomic E-state index is 0.218. The number of hydrogen-bond donors (Lipinski definition) is 1. The third kappa shape index (κ3) is 2.51. The molecule has 1 aliphatic rings. The number of ether oxygens (including phenoxy) is 3. The molecule has 1 aliphatic heterocycles. The second-order valence-corrected chi connectivity index (χ2v) is 4.44. The highest BCUT2D eigenvalue weighted by atomic mass is 16.7. The van der Waals surface area contributed by atoms with Gasteiger partial charge in [-0.05, 0) is 38.1 Å². The van der Waals surface area contributed by atoms with Gasteiger partial charge in [-0.2, -0.15) is 0 Å². The molecule has 1 N–H and O–H groups in total. The summed E-state index contributed by atoms with van der Waals surface area (Å²) >= 11 is 0. The predicted octanol–water partition coefficient (Wildman–Crippen LogP) is 1.80. The van der Waals surface area contributed by atoms with Crippen molar-refractivity contribution in [3.8, 4) is 11.5 Å². The second kappa shape index (κ2) is 5.48. The highest BCUT2D eigenvalue weighted by Gasteiger charge is 2.36. The van der Waals surface area contributed by atoms with Gasteiger partial charge in [0.05, 0.1) is 6.61 Å². The van der Waals surface area contributed by atoms with Gasteiger partial charge in [-0.3, -0.25) is 5.32 Å². The number of hydrogen-bond acceptors (Lipinski definition) is 5. The summed E-state index contributed by atoms with van der Waals surface area (Å²) in [5, 5.41) is 3.18. The van der Waals surface area contributed by atoms with E-state index in [0.29, 0.717) is 24.7 Å². The summed E-state index contributed by atoms with van der Waals surface area (Å²) in [5.41, 5.74) is -0.0804. The minimum Gasteiger partial charge on any atom is -0.464 e. The zero-order chi connectivity index (χ0) is 13.9. The molecule has 0 saturated carbocycles. The summed E-state index contributed by atoms with van der Waals surface area (Å²) in [6, 6.07) is 5.49. The predicted molar refractivity (Wildman–Crippen MR) is 70.2 cm³/mol. The van der Waals surface area contributed by atoms with E-state index in [1.807, 2.05) is 32.0 Å². The van der Waals surface area contributed by atoms with E-state index in [0.717, 1.165) is 5.56 Å². The molecule has 104 valence electrons. The van der Waals surface area contributed by atoms with Crippen LogP contribution in [-0.2, 0) is 15.1 Å². The Morgan fingerprint density at radius 2 is 2.11 bits per heavy atom. The molecule has 0 saturated heterocycles. The van der Waals surface area contributed by atoms with Crippen LogP contribution in [0.4, 0.5) is 0 Å². The van der Waals surface area contributed by atoms with Crippen LogP contribution in [-0.4, -0.2) is 25.9 Å². The average molecular weight is 265 g/mol. The highest BCUT2D eigenvalue weighted by Crippen LogP contribution is 2.36. The van der Waals surface area contributed by atoms with Gasteiger partial charge in [-0.1, -0.05) is 13.0 Å². The second-order valence-electron chi connectivity index (χ2n) is 4.44. The summed E-state index contributed by atoms with van der Waals surface area (Å²) in [7, 11) is 0. The standard InChI is InChI=1S/C14H19NO4/c1-4-15-14(3,13(16)17-5-2)10-6-7-11-12(8-10)19-9-18-11/h6-8,15H,4-5,9H2,1-3H3. The maximum atomic E-state index is 12.2. The van der Waals surface area contributed by atoms with E-state index in [4.69, 9.17) is 14.2 Å². The molecular formula is C14H19NO4. The van der Waals surface area contributed by atoms with Crippen LogP contribution >= 0.6 is 0 Å². The molecule has 0 aliphatic carbocycles. The molecule has 1 unspecified atom stereocenters. The van der Waals surface area contributed by atoms with Crippen molar-refractivity contribution in [3.63, 3.8) is 0 Å². The van der Waals surface area contributed by atoms with E-state index in [9.17, 15) is 4.79 Å². The van der Waals surface area contributed by atoms with Gasteiger partial charge in [0.15, 0.2) is 11.5 Å². The number of fused-ring (bicyclic) bond motifs is 1. The monoisotopic (exact) mass is 265 g/mol. The summed E-state index contributed by atoms with van der Waals surface area (Å²) < 4.78 is 15.8. The van der Waals surface area contributed by atoms with Gasteiger partial charge in [0.25, 0.3) is 0 Å². The molecule has 2 rings (SSSR count). The van der Waals surface area contributed by atoms with Crippen LogP contribution in [0.3, 0.4) is 0 Å². The van der Waals surface area contributed by atoms with Crippen molar-refractivity contribution >= 4 is 5.97 Å². The van der Waals surface area contributed by atoms with Crippen LogP contribution in [0.2, 0.25) is 0 Å². The molecule has 5 heteroatoms. The Morgan fingerprint density at radius 3 is 2.79 bits per heavy atom. The lowest BCUT2D eigenvalue weighted by Crippen LogP contribution is -2.47. The number of rotatable bonds is 5. The Hall–Kier alpha value is -1.75. The van der Waals surface area contributed by atoms with Crippen molar-refractivity contribution in [2.75, 3.05) is 19.9 Å². The summed E-state index contributed by atoms with van der Waals surface area (Å²) in [5.74, 6) is 1.06. The Bertz CT molecular complexity index is 475. The number of nitrogens with one attached hydrogen (secondary N) is 1. The van der Waals surface area contributed by atoms with Crippen LogP contribution in [0, 0.1) is 0 Å². The van der Waals surface area contributed by atoms with E-state index in [2.05, 4.69) is 5.32 Å². The lowest BCUT2D eigenvalue weighted by Gasteiger charge is -2.28. The quantitative estimate of drug-likeness (QED) is 0.823. The molecule has 0 amide bonds. The van der Waals surface area contributed by atoms with E-state index < -0.39 is 5.54 Å². The minimum atomic E-state index is -0.883. The average Bonchev–Trinajstić information content (AvgIpc) is 2.86. The van der Waals surface area contributed by atoms with Crippen LogP contribution in [0.5, 0.6) is 11.5 Å². The fraction of sp³-hybridized carbons (Fsp3) is 0.500. The molecule has 0 spiro atoms. The Labute approximate surface area is 112 Å². The van der Waals surface area contributed by atoms with Gasteiger partial charge in [0, 0.05) is 0 Å². The summed E-state index contributed by atoms with van der Waals surface area (Å²) in [6.45, 7) is 6.78. The maximum Gasteiger partial charge on any atom is 0.330 e. The van der Waals surface area contributed by atoms with Crippen molar-refractivity contribution in [1.82, 2.24) is 5.32 Å². The van der Waals surface area contributed by atoms with Crippen LogP contribution < -0.4 is 14.8 Å². The number of carbonyl (C=O) groups is 1. The molecule has 0 radical (unpaired) electrons. The molecule has 5 nitrogen and oxygen atoms in total. The largest absolute Gasteiger partial charge is 0.464 e. The normalized spacial score (nSPS) is 15.9. The first-order valence-electron chi connectivity index (χ1n) is 6.44. The van der Waals surface area contributed by atoms with Crippen LogP contribution in [0.25, 0.3) is 0 Å². The number of esters is 1. The zero-order valence-corrected chi connectivity index (χ0v) is 11.5. The molecule has 0 aromatic heterocycles. The Balaban J connectivity index is 2.35. The first-order chi connectivity index (χ1) is 9.11. The van der Waals surface area contributed by atoms with Crippen molar-refractivity contribution in [2.24, 2.45) is 0 Å². The Kier molecular flexibility index (Phi) is 3.95. The van der Waals surface area contributed by atoms with Crippen LogP contribution in [0.1, 0.15) is 26.3 Å². The van der Waals surface area contributed by atoms with Crippen molar-refractivity contribution in [3.05, 3.63) is 23.8 Å². The van der Waals surface area contributed by atoms with Gasteiger partial charge in [0.2, 0.25) is 6.79 Å². The maximum absolute atomic E-state index is 12.2. The number of benzene rings is 1. The zero-order valence-electron chi connectivity index (χ0n) is 11.5. The van der Waals surface area contributed by atoms with Gasteiger partial charge < -0.3 is 14.2 Å². The fourth-order valence-electron chi connectivity index (χ4n) is 2.13. The molecule has 19 heavy (non-hydrogen) atoms. The van der Waals surface area contributed by atoms with E-state index in [1.165, 1.54) is 0 Å². The molecule has 0 bridgehead atoms. The third-order valence-corrected chi connectivity index (χ3v) is 3.16. The smallest absolute Gasteiger partial charge is 0.330 e. The van der Waals surface area contributed by atoms with Crippen LogP contribution in [0.15, 0.2) is 18.2 Å². The van der Waals surface area contributed by atoms with Gasteiger partial charge >= 0.3 is 5.97 Å². The van der Waals surface area contributed by atoms with E-state index in [-0.39, 0.29) is 12.8 Å². The lowest BCUT2D eigenvalue weighted by molar-refractivity contribution is -0.151. The van der Waals surface area contributed by atoms with Crippen molar-refractivity contribution in [1.29, 1.82) is 0 Å². The molecular weight excluding hydrogens is 246 g/mol. The molecule has 1 heterocycles. The Morgan fingerprint density at radius 1 is 1.37 bits per heavy atom. The molecule has 1 atom stereocenters. The van der Waals surface area contributed by atoms with E-state index >= 15 is 0 Å². The fourth-order valence-corrected chi connectivity index (χ4v) is 2.13. The van der Waals surface area contributed by atoms with Crippen molar-refractivity contribution in [2.45, 2.75) is 26.3 Å². The van der Waals surface area contributed by atoms with Gasteiger partial charge in [-0.25, -0.2) is 4.79 Å². The SMILES string of the molecule is CCNC(C)(C(=O)OCC)c1ccc2c(c1)OCO2. The third-order valence-electron chi connectivity index (χ3n) is 3.16. The number of carbonyl (C=O) groups excluding carboxylic acids is 1. The van der Waals surface area contributed by atoms with Crippen molar-refractivity contribution < 1.29 is 19.0 Å².